The molecule has 2 aromatic carbocycles. The fourth-order valence-electron chi connectivity index (χ4n) is 2.86. The highest BCUT2D eigenvalue weighted by molar-refractivity contribution is 6.31. The van der Waals surface area contributed by atoms with Crippen molar-refractivity contribution in [1.82, 2.24) is 19.7 Å². The Balaban J connectivity index is 1.69. The molecule has 0 aliphatic carbocycles. The van der Waals surface area contributed by atoms with Gasteiger partial charge in [0.1, 0.15) is 5.75 Å². The normalized spacial score (nSPS) is 10.6. The van der Waals surface area contributed by atoms with E-state index in [1.54, 1.807) is 31.6 Å². The van der Waals surface area contributed by atoms with Gasteiger partial charge in [-0.3, -0.25) is 9.78 Å². The standard InChI is InChI=1S/C22H18ClN5O2/c1-30-18-8-6-15(7-9-18)20-26-22(25-14-17-4-2-3-5-19(17)23)28(27-20)21(29)16-10-12-24-13-11-16/h2-13H,14H2,1H3,(H,25,26,27). The first-order valence-electron chi connectivity index (χ1n) is 9.19. The number of carbonyl (C=O) groups is 1. The molecule has 4 aromatic rings. The van der Waals surface area contributed by atoms with Crippen molar-refractivity contribution in [2.45, 2.75) is 6.54 Å². The Kier molecular flexibility index (Phi) is 5.72. The lowest BCUT2D eigenvalue weighted by molar-refractivity contribution is 0.0947. The summed E-state index contributed by atoms with van der Waals surface area (Å²) in [6.07, 6.45) is 3.12. The molecular formula is C22H18ClN5O2. The van der Waals surface area contributed by atoms with Crippen LogP contribution in [-0.4, -0.2) is 32.8 Å². The minimum Gasteiger partial charge on any atom is -0.497 e. The maximum atomic E-state index is 13.0. The highest BCUT2D eigenvalue weighted by Crippen LogP contribution is 2.23. The van der Waals surface area contributed by atoms with E-state index in [0.717, 1.165) is 16.9 Å². The number of hydrogen-bond donors (Lipinski definition) is 1. The zero-order chi connectivity index (χ0) is 20.9. The summed E-state index contributed by atoms with van der Waals surface area (Å²) in [7, 11) is 1.60. The SMILES string of the molecule is COc1ccc(-c2nc(NCc3ccccc3Cl)n(C(=O)c3ccncc3)n2)cc1. The lowest BCUT2D eigenvalue weighted by Gasteiger charge is -2.08. The van der Waals surface area contributed by atoms with E-state index < -0.39 is 0 Å². The van der Waals surface area contributed by atoms with Crippen LogP contribution in [0.25, 0.3) is 11.4 Å². The number of rotatable bonds is 6. The molecule has 0 amide bonds. The average Bonchev–Trinajstić information content (AvgIpc) is 3.23. The number of carbonyl (C=O) groups excluding carboxylic acids is 1. The summed E-state index contributed by atoms with van der Waals surface area (Å²) in [5.41, 5.74) is 2.10. The Labute approximate surface area is 178 Å². The molecule has 7 nitrogen and oxygen atoms in total. The number of nitrogens with one attached hydrogen (secondary N) is 1. The molecule has 0 saturated carbocycles. The molecule has 0 fully saturated rings. The van der Waals surface area contributed by atoms with Crippen LogP contribution in [0, 0.1) is 0 Å². The second kappa shape index (κ2) is 8.75. The van der Waals surface area contributed by atoms with Gasteiger partial charge in [-0.25, -0.2) is 0 Å². The van der Waals surface area contributed by atoms with Crippen LogP contribution in [0.2, 0.25) is 5.02 Å². The number of pyridine rings is 1. The lowest BCUT2D eigenvalue weighted by atomic mass is 10.2. The number of methoxy groups -OCH3 is 1. The first kappa shape index (κ1) is 19.6. The lowest BCUT2D eigenvalue weighted by Crippen LogP contribution is -2.17. The van der Waals surface area contributed by atoms with Crippen molar-refractivity contribution in [3.63, 3.8) is 0 Å². The topological polar surface area (TPSA) is 81.9 Å². The van der Waals surface area contributed by atoms with Crippen LogP contribution in [0.5, 0.6) is 5.75 Å². The molecule has 0 radical (unpaired) electrons. The van der Waals surface area contributed by atoms with Gasteiger partial charge in [-0.1, -0.05) is 29.8 Å². The first-order chi connectivity index (χ1) is 14.7. The predicted molar refractivity (Wildman–Crippen MR) is 115 cm³/mol. The van der Waals surface area contributed by atoms with Gasteiger partial charge in [0.05, 0.1) is 7.11 Å². The summed E-state index contributed by atoms with van der Waals surface area (Å²) in [6, 6.07) is 18.1. The molecule has 0 spiro atoms. The van der Waals surface area contributed by atoms with Crippen LogP contribution in [-0.2, 0) is 6.54 Å². The van der Waals surface area contributed by atoms with E-state index in [4.69, 9.17) is 16.3 Å². The van der Waals surface area contributed by atoms with Crippen LogP contribution in [0.3, 0.4) is 0 Å². The van der Waals surface area contributed by atoms with Gasteiger partial charge in [-0.05, 0) is 48.0 Å². The second-order valence-corrected chi connectivity index (χ2v) is 6.79. The number of aromatic nitrogens is 4. The average molecular weight is 420 g/mol. The summed E-state index contributed by atoms with van der Waals surface area (Å²) in [5, 5.41) is 8.26. The highest BCUT2D eigenvalue weighted by Gasteiger charge is 2.19. The molecule has 30 heavy (non-hydrogen) atoms. The number of hydrogen-bond acceptors (Lipinski definition) is 6. The molecule has 1 N–H and O–H groups in total. The van der Waals surface area contributed by atoms with Gasteiger partial charge in [-0.15, -0.1) is 5.10 Å². The largest absolute Gasteiger partial charge is 0.497 e. The van der Waals surface area contributed by atoms with Gasteiger partial charge in [0, 0.05) is 35.1 Å². The van der Waals surface area contributed by atoms with Crippen LogP contribution >= 0.6 is 11.6 Å². The van der Waals surface area contributed by atoms with Crippen LogP contribution in [0.15, 0.2) is 73.1 Å². The Hall–Kier alpha value is -3.71. The van der Waals surface area contributed by atoms with Crippen LogP contribution < -0.4 is 10.1 Å². The van der Waals surface area contributed by atoms with E-state index in [9.17, 15) is 4.79 Å². The summed E-state index contributed by atoms with van der Waals surface area (Å²) in [6.45, 7) is 0.393. The van der Waals surface area contributed by atoms with Crippen molar-refractivity contribution in [3.05, 3.63) is 89.2 Å². The molecule has 0 unspecified atom stereocenters. The van der Waals surface area contributed by atoms with Crippen molar-refractivity contribution in [2.24, 2.45) is 0 Å². The monoisotopic (exact) mass is 419 g/mol. The zero-order valence-corrected chi connectivity index (χ0v) is 16.9. The van der Waals surface area contributed by atoms with E-state index in [-0.39, 0.29) is 5.91 Å². The minimum absolute atomic E-state index is 0.314. The summed E-state index contributed by atoms with van der Waals surface area (Å²) >= 11 is 6.25. The Morgan fingerprint density at radius 1 is 1.07 bits per heavy atom. The predicted octanol–water partition coefficient (Wildman–Crippen LogP) is 4.30. The fourth-order valence-corrected chi connectivity index (χ4v) is 3.07. The van der Waals surface area contributed by atoms with Gasteiger partial charge in [0.15, 0.2) is 5.82 Å². The number of benzene rings is 2. The molecule has 2 aromatic heterocycles. The molecule has 0 bridgehead atoms. The first-order valence-corrected chi connectivity index (χ1v) is 9.57. The van der Waals surface area contributed by atoms with E-state index in [2.05, 4.69) is 20.4 Å². The number of halogens is 1. The van der Waals surface area contributed by atoms with E-state index in [0.29, 0.717) is 28.9 Å². The maximum Gasteiger partial charge on any atom is 0.281 e. The van der Waals surface area contributed by atoms with Crippen molar-refractivity contribution >= 4 is 23.5 Å². The number of ether oxygens (including phenoxy) is 1. The van der Waals surface area contributed by atoms with Gasteiger partial charge in [-0.2, -0.15) is 9.67 Å². The molecule has 8 heteroatoms. The summed E-state index contributed by atoms with van der Waals surface area (Å²) < 4.78 is 6.45. The van der Waals surface area contributed by atoms with E-state index >= 15 is 0 Å². The molecule has 0 aliphatic heterocycles. The third-order valence-corrected chi connectivity index (χ3v) is 4.84. The van der Waals surface area contributed by atoms with Crippen molar-refractivity contribution < 1.29 is 9.53 Å². The quantitative estimate of drug-likeness (QED) is 0.501. The smallest absolute Gasteiger partial charge is 0.281 e. The third kappa shape index (κ3) is 4.16. The molecule has 150 valence electrons. The molecular weight excluding hydrogens is 402 g/mol. The van der Waals surface area contributed by atoms with Crippen molar-refractivity contribution in [1.29, 1.82) is 0 Å². The van der Waals surface area contributed by atoms with Crippen LogP contribution in [0.4, 0.5) is 5.95 Å². The van der Waals surface area contributed by atoms with Gasteiger partial charge >= 0.3 is 0 Å². The highest BCUT2D eigenvalue weighted by atomic mass is 35.5. The molecule has 0 saturated heterocycles. The molecule has 0 aliphatic rings. The van der Waals surface area contributed by atoms with Crippen molar-refractivity contribution in [3.8, 4) is 17.1 Å². The Morgan fingerprint density at radius 3 is 2.50 bits per heavy atom. The summed E-state index contributed by atoms with van der Waals surface area (Å²) in [5.74, 6) is 1.15. The van der Waals surface area contributed by atoms with E-state index in [1.165, 1.54) is 4.68 Å². The van der Waals surface area contributed by atoms with E-state index in [1.807, 2.05) is 48.5 Å². The molecule has 0 atom stereocenters. The number of anilines is 1. The van der Waals surface area contributed by atoms with Gasteiger partial charge in [0.25, 0.3) is 5.91 Å². The van der Waals surface area contributed by atoms with Crippen molar-refractivity contribution in [2.75, 3.05) is 12.4 Å². The second-order valence-electron chi connectivity index (χ2n) is 6.39. The Morgan fingerprint density at radius 2 is 1.80 bits per heavy atom. The molecule has 2 heterocycles. The summed E-state index contributed by atoms with van der Waals surface area (Å²) in [4.78, 5) is 21.5. The maximum absolute atomic E-state index is 13.0. The molecule has 4 rings (SSSR count). The fraction of sp³-hybridized carbons (Fsp3) is 0.0909. The Bertz CT molecular complexity index is 1160. The minimum atomic E-state index is -0.314. The zero-order valence-electron chi connectivity index (χ0n) is 16.1. The number of nitrogens with zero attached hydrogens (tertiary/aromatic N) is 4. The van der Waals surface area contributed by atoms with Gasteiger partial charge < -0.3 is 10.1 Å². The van der Waals surface area contributed by atoms with Crippen LogP contribution in [0.1, 0.15) is 15.9 Å². The van der Waals surface area contributed by atoms with Gasteiger partial charge in [0.2, 0.25) is 5.95 Å². The third-order valence-electron chi connectivity index (χ3n) is 4.47.